The predicted molar refractivity (Wildman–Crippen MR) is 106 cm³/mol. The lowest BCUT2D eigenvalue weighted by Gasteiger charge is -2.41. The second kappa shape index (κ2) is 9.07. The van der Waals surface area contributed by atoms with Crippen LogP contribution in [-0.2, 0) is 4.79 Å². The SMILES string of the molecule is CCC1(CNC(=NC)NCCN2CCN(C(=O)C3CCC3)CC2)CCC1. The van der Waals surface area contributed by atoms with Crippen molar-refractivity contribution in [3.05, 3.63) is 0 Å². The second-order valence-electron chi connectivity index (χ2n) is 8.35. The largest absolute Gasteiger partial charge is 0.356 e. The smallest absolute Gasteiger partial charge is 0.225 e. The summed E-state index contributed by atoms with van der Waals surface area (Å²) in [6, 6.07) is 0. The lowest BCUT2D eigenvalue weighted by Crippen LogP contribution is -2.53. The lowest BCUT2D eigenvalue weighted by atomic mass is 9.67. The highest BCUT2D eigenvalue weighted by molar-refractivity contribution is 5.80. The Bertz CT molecular complexity index is 485. The summed E-state index contributed by atoms with van der Waals surface area (Å²) in [6.45, 7) is 9.00. The molecule has 0 aromatic carbocycles. The summed E-state index contributed by atoms with van der Waals surface area (Å²) in [7, 11) is 1.85. The fourth-order valence-electron chi connectivity index (χ4n) is 4.26. The normalized spacial score (nSPS) is 23.9. The average Bonchev–Trinajstić information content (AvgIpc) is 2.58. The van der Waals surface area contributed by atoms with Crippen molar-refractivity contribution in [2.45, 2.75) is 51.9 Å². The van der Waals surface area contributed by atoms with Crippen LogP contribution < -0.4 is 10.6 Å². The van der Waals surface area contributed by atoms with Gasteiger partial charge in [0.05, 0.1) is 0 Å². The van der Waals surface area contributed by atoms with Gasteiger partial charge in [-0.2, -0.15) is 0 Å². The summed E-state index contributed by atoms with van der Waals surface area (Å²) >= 11 is 0. The Morgan fingerprint density at radius 3 is 2.35 bits per heavy atom. The molecule has 0 spiro atoms. The molecule has 3 rings (SSSR count). The third-order valence-corrected chi connectivity index (χ3v) is 6.88. The van der Waals surface area contributed by atoms with Crippen molar-refractivity contribution in [2.75, 3.05) is 52.9 Å². The van der Waals surface area contributed by atoms with Crippen LogP contribution in [-0.4, -0.2) is 74.5 Å². The van der Waals surface area contributed by atoms with Crippen molar-refractivity contribution >= 4 is 11.9 Å². The highest BCUT2D eigenvalue weighted by Gasteiger charge is 2.35. The molecule has 2 saturated carbocycles. The topological polar surface area (TPSA) is 60.0 Å². The lowest BCUT2D eigenvalue weighted by molar-refractivity contribution is -0.139. The Morgan fingerprint density at radius 2 is 1.85 bits per heavy atom. The van der Waals surface area contributed by atoms with E-state index in [1.54, 1.807) is 0 Å². The zero-order valence-corrected chi connectivity index (χ0v) is 16.7. The monoisotopic (exact) mass is 363 g/mol. The number of carbonyl (C=O) groups excluding carboxylic acids is 1. The highest BCUT2D eigenvalue weighted by atomic mass is 16.2. The molecule has 0 atom stereocenters. The van der Waals surface area contributed by atoms with Crippen molar-refractivity contribution in [3.63, 3.8) is 0 Å². The van der Waals surface area contributed by atoms with Crippen LogP contribution in [0.4, 0.5) is 0 Å². The molecule has 6 heteroatoms. The molecule has 0 aromatic heterocycles. The molecule has 6 nitrogen and oxygen atoms in total. The first-order chi connectivity index (χ1) is 12.7. The van der Waals surface area contributed by atoms with Crippen molar-refractivity contribution in [2.24, 2.45) is 16.3 Å². The molecule has 3 fully saturated rings. The molecule has 0 unspecified atom stereocenters. The van der Waals surface area contributed by atoms with Gasteiger partial charge in [-0.3, -0.25) is 14.7 Å². The third kappa shape index (κ3) is 4.70. The average molecular weight is 364 g/mol. The van der Waals surface area contributed by atoms with E-state index in [9.17, 15) is 4.79 Å². The van der Waals surface area contributed by atoms with Crippen molar-refractivity contribution < 1.29 is 4.79 Å². The molecule has 1 amide bonds. The molecule has 0 aromatic rings. The summed E-state index contributed by atoms with van der Waals surface area (Å²) in [5, 5.41) is 6.96. The Morgan fingerprint density at radius 1 is 1.12 bits per heavy atom. The molecular weight excluding hydrogens is 326 g/mol. The van der Waals surface area contributed by atoms with E-state index in [0.717, 1.165) is 64.6 Å². The van der Waals surface area contributed by atoms with Crippen molar-refractivity contribution in [1.29, 1.82) is 0 Å². The van der Waals surface area contributed by atoms with E-state index in [1.807, 2.05) is 7.05 Å². The number of amides is 1. The van der Waals surface area contributed by atoms with Gasteiger partial charge in [0.15, 0.2) is 5.96 Å². The second-order valence-corrected chi connectivity index (χ2v) is 8.35. The van der Waals surface area contributed by atoms with E-state index >= 15 is 0 Å². The Balaban J connectivity index is 1.30. The number of aliphatic imine (C=N–C) groups is 1. The zero-order valence-electron chi connectivity index (χ0n) is 16.7. The van der Waals surface area contributed by atoms with Crippen LogP contribution in [0.2, 0.25) is 0 Å². The molecular formula is C20H37N5O. The molecule has 0 bridgehead atoms. The quantitative estimate of drug-likeness (QED) is 0.534. The molecule has 1 saturated heterocycles. The van der Waals surface area contributed by atoms with E-state index in [1.165, 1.54) is 32.1 Å². The van der Waals surface area contributed by atoms with Gasteiger partial charge in [-0.05, 0) is 37.5 Å². The van der Waals surface area contributed by atoms with Gasteiger partial charge in [0.1, 0.15) is 0 Å². The van der Waals surface area contributed by atoms with Gasteiger partial charge in [0, 0.05) is 58.8 Å². The third-order valence-electron chi connectivity index (χ3n) is 6.88. The summed E-state index contributed by atoms with van der Waals surface area (Å²) in [6.07, 6.45) is 8.76. The van der Waals surface area contributed by atoms with Crippen LogP contribution in [0.25, 0.3) is 0 Å². The maximum Gasteiger partial charge on any atom is 0.225 e. The highest BCUT2D eigenvalue weighted by Crippen LogP contribution is 2.42. The minimum absolute atomic E-state index is 0.333. The van der Waals surface area contributed by atoms with Crippen LogP contribution in [0.3, 0.4) is 0 Å². The van der Waals surface area contributed by atoms with E-state index in [0.29, 0.717) is 17.2 Å². The van der Waals surface area contributed by atoms with Crippen LogP contribution >= 0.6 is 0 Å². The van der Waals surface area contributed by atoms with Gasteiger partial charge in [0.2, 0.25) is 5.91 Å². The Labute approximate surface area is 158 Å². The van der Waals surface area contributed by atoms with Crippen LogP contribution in [0.5, 0.6) is 0 Å². The first-order valence-corrected chi connectivity index (χ1v) is 10.6. The Hall–Kier alpha value is -1.30. The molecule has 2 N–H and O–H groups in total. The molecule has 1 heterocycles. The molecule has 26 heavy (non-hydrogen) atoms. The van der Waals surface area contributed by atoms with Gasteiger partial charge < -0.3 is 15.5 Å². The summed E-state index contributed by atoms with van der Waals surface area (Å²) in [5.41, 5.74) is 0.501. The first-order valence-electron chi connectivity index (χ1n) is 10.6. The van der Waals surface area contributed by atoms with E-state index in [4.69, 9.17) is 0 Å². The predicted octanol–water partition coefficient (Wildman–Crippen LogP) is 1.68. The zero-order chi connectivity index (χ0) is 18.4. The number of rotatable bonds is 7. The summed E-state index contributed by atoms with van der Waals surface area (Å²) in [5.74, 6) is 1.66. The van der Waals surface area contributed by atoms with Crippen molar-refractivity contribution in [3.8, 4) is 0 Å². The number of hydrogen-bond acceptors (Lipinski definition) is 3. The van der Waals surface area contributed by atoms with Crippen LogP contribution in [0, 0.1) is 11.3 Å². The van der Waals surface area contributed by atoms with Crippen LogP contribution in [0.15, 0.2) is 4.99 Å². The maximum atomic E-state index is 12.3. The van der Waals surface area contributed by atoms with Gasteiger partial charge in [-0.25, -0.2) is 0 Å². The number of nitrogens with zero attached hydrogens (tertiary/aromatic N) is 3. The van der Waals surface area contributed by atoms with Crippen LogP contribution in [0.1, 0.15) is 51.9 Å². The minimum atomic E-state index is 0.333. The number of guanidine groups is 1. The van der Waals surface area contributed by atoms with Gasteiger partial charge in [-0.15, -0.1) is 0 Å². The number of hydrogen-bond donors (Lipinski definition) is 2. The maximum absolute atomic E-state index is 12.3. The molecule has 2 aliphatic carbocycles. The fraction of sp³-hybridized carbons (Fsp3) is 0.900. The van der Waals surface area contributed by atoms with E-state index in [2.05, 4.69) is 32.3 Å². The van der Waals surface area contributed by atoms with Gasteiger partial charge >= 0.3 is 0 Å². The number of nitrogens with one attached hydrogen (secondary N) is 2. The van der Waals surface area contributed by atoms with Crippen molar-refractivity contribution in [1.82, 2.24) is 20.4 Å². The molecule has 0 radical (unpaired) electrons. The van der Waals surface area contributed by atoms with Gasteiger partial charge in [-0.1, -0.05) is 19.8 Å². The van der Waals surface area contributed by atoms with Gasteiger partial charge in [0.25, 0.3) is 0 Å². The Kier molecular flexibility index (Phi) is 6.79. The summed E-state index contributed by atoms with van der Waals surface area (Å²) < 4.78 is 0. The minimum Gasteiger partial charge on any atom is -0.356 e. The standard InChI is InChI=1S/C20H37N5O/c1-3-20(8-5-9-20)16-23-19(21-2)22-10-11-24-12-14-25(15-13-24)18(26)17-6-4-7-17/h17H,3-16H2,1-2H3,(H2,21,22,23). The fourth-order valence-corrected chi connectivity index (χ4v) is 4.26. The van der Waals surface area contributed by atoms with E-state index < -0.39 is 0 Å². The molecule has 3 aliphatic rings. The van der Waals surface area contributed by atoms with E-state index in [-0.39, 0.29) is 0 Å². The first kappa shape index (κ1) is 19.5. The molecule has 148 valence electrons. The molecule has 1 aliphatic heterocycles. The number of carbonyl (C=O) groups is 1. The summed E-state index contributed by atoms with van der Waals surface area (Å²) in [4.78, 5) is 21.2. The number of piperazine rings is 1.